The number of rotatable bonds is 5. The standard InChI is InChI=1S/C24H19ClN2O2S/c1-16-7-10-19(11-8-16)26-24-27-23(28)22(30-24)14-18-9-12-21(20(25)13-18)29-15-17-5-3-2-4-6-17/h2-14H,15H2,1H3,(H,26,27,28)/b22-14-. The van der Waals surface area contributed by atoms with Crippen LogP contribution in [0.5, 0.6) is 5.75 Å². The van der Waals surface area contributed by atoms with Crippen LogP contribution >= 0.6 is 23.4 Å². The summed E-state index contributed by atoms with van der Waals surface area (Å²) in [6.07, 6.45) is 1.80. The molecular weight excluding hydrogens is 416 g/mol. The zero-order valence-electron chi connectivity index (χ0n) is 16.3. The number of nitrogens with one attached hydrogen (secondary N) is 1. The van der Waals surface area contributed by atoms with Gasteiger partial charge in [-0.3, -0.25) is 4.79 Å². The molecule has 3 aromatic rings. The summed E-state index contributed by atoms with van der Waals surface area (Å²) in [5, 5.41) is 3.86. The van der Waals surface area contributed by atoms with Gasteiger partial charge in [0.15, 0.2) is 5.17 Å². The number of thioether (sulfide) groups is 1. The fourth-order valence-electron chi connectivity index (χ4n) is 2.83. The summed E-state index contributed by atoms with van der Waals surface area (Å²) in [7, 11) is 0. The van der Waals surface area contributed by atoms with E-state index in [1.807, 2.05) is 73.7 Å². The Bertz CT molecular complexity index is 1130. The summed E-state index contributed by atoms with van der Waals surface area (Å²) in [5.74, 6) is 0.430. The van der Waals surface area contributed by atoms with Crippen LogP contribution in [0.15, 0.2) is 82.7 Å². The van der Waals surface area contributed by atoms with Crippen molar-refractivity contribution in [1.82, 2.24) is 5.32 Å². The van der Waals surface area contributed by atoms with Crippen molar-refractivity contribution in [3.63, 3.8) is 0 Å². The first-order valence-corrected chi connectivity index (χ1v) is 10.6. The van der Waals surface area contributed by atoms with Crippen LogP contribution in [0.1, 0.15) is 16.7 Å². The highest BCUT2D eigenvalue weighted by Crippen LogP contribution is 2.31. The monoisotopic (exact) mass is 434 g/mol. The molecule has 0 atom stereocenters. The van der Waals surface area contributed by atoms with E-state index in [0.29, 0.717) is 27.5 Å². The molecule has 6 heteroatoms. The molecular formula is C24H19ClN2O2S. The maximum absolute atomic E-state index is 12.3. The van der Waals surface area contributed by atoms with Gasteiger partial charge in [0.1, 0.15) is 12.4 Å². The number of amides is 1. The molecule has 4 rings (SSSR count). The average Bonchev–Trinajstić information content (AvgIpc) is 3.08. The topological polar surface area (TPSA) is 50.7 Å². The van der Waals surface area contributed by atoms with E-state index in [9.17, 15) is 4.79 Å². The Kier molecular flexibility index (Phi) is 6.21. The van der Waals surface area contributed by atoms with E-state index >= 15 is 0 Å². The SMILES string of the molecule is Cc1ccc(N=C2NC(=O)/C(=C/c3ccc(OCc4ccccc4)c(Cl)c3)S2)cc1. The second kappa shape index (κ2) is 9.20. The smallest absolute Gasteiger partial charge is 0.264 e. The number of halogens is 1. The average molecular weight is 435 g/mol. The number of ether oxygens (including phenoxy) is 1. The van der Waals surface area contributed by atoms with Gasteiger partial charge in [-0.2, -0.15) is 0 Å². The molecule has 1 N–H and O–H groups in total. The molecule has 30 heavy (non-hydrogen) atoms. The van der Waals surface area contributed by atoms with E-state index in [-0.39, 0.29) is 5.91 Å². The zero-order chi connectivity index (χ0) is 20.9. The van der Waals surface area contributed by atoms with E-state index in [2.05, 4.69) is 10.3 Å². The molecule has 1 aliphatic rings. The molecule has 0 radical (unpaired) electrons. The molecule has 3 aromatic carbocycles. The first-order chi connectivity index (χ1) is 14.6. The fraction of sp³-hybridized carbons (Fsp3) is 0.0833. The minimum Gasteiger partial charge on any atom is -0.487 e. The summed E-state index contributed by atoms with van der Waals surface area (Å²) in [6.45, 7) is 2.46. The van der Waals surface area contributed by atoms with Crippen LogP contribution in [0.2, 0.25) is 5.02 Å². The maximum Gasteiger partial charge on any atom is 0.264 e. The quantitative estimate of drug-likeness (QED) is 0.492. The Morgan fingerprint density at radius 3 is 2.57 bits per heavy atom. The maximum atomic E-state index is 12.3. The molecule has 1 aliphatic heterocycles. The Labute approximate surface area is 184 Å². The lowest BCUT2D eigenvalue weighted by atomic mass is 10.2. The van der Waals surface area contributed by atoms with Gasteiger partial charge in [0.25, 0.3) is 5.91 Å². The summed E-state index contributed by atoms with van der Waals surface area (Å²) in [6, 6.07) is 23.2. The van der Waals surface area contributed by atoms with E-state index < -0.39 is 0 Å². The van der Waals surface area contributed by atoms with Crippen LogP contribution in [0.4, 0.5) is 5.69 Å². The summed E-state index contributed by atoms with van der Waals surface area (Å²) in [4.78, 5) is 17.4. The van der Waals surface area contributed by atoms with Crippen LogP contribution < -0.4 is 10.1 Å². The molecule has 0 aliphatic carbocycles. The van der Waals surface area contributed by atoms with Crippen molar-refractivity contribution in [2.45, 2.75) is 13.5 Å². The highest BCUT2D eigenvalue weighted by atomic mass is 35.5. The Morgan fingerprint density at radius 1 is 1.07 bits per heavy atom. The number of benzene rings is 3. The van der Waals surface area contributed by atoms with Crippen LogP contribution in [0.3, 0.4) is 0 Å². The fourth-order valence-corrected chi connectivity index (χ4v) is 3.91. The largest absolute Gasteiger partial charge is 0.487 e. The molecule has 1 amide bonds. The second-order valence-corrected chi connectivity index (χ2v) is 8.22. The van der Waals surface area contributed by atoms with Gasteiger partial charge in [-0.15, -0.1) is 0 Å². The van der Waals surface area contributed by atoms with Gasteiger partial charge in [0.2, 0.25) is 0 Å². The molecule has 0 unspecified atom stereocenters. The number of carbonyl (C=O) groups is 1. The van der Waals surface area contributed by atoms with Crippen LogP contribution in [-0.4, -0.2) is 11.1 Å². The molecule has 0 spiro atoms. The van der Waals surface area contributed by atoms with Crippen molar-refractivity contribution < 1.29 is 9.53 Å². The lowest BCUT2D eigenvalue weighted by Crippen LogP contribution is -2.19. The van der Waals surface area contributed by atoms with E-state index in [4.69, 9.17) is 16.3 Å². The van der Waals surface area contributed by atoms with E-state index in [1.165, 1.54) is 11.8 Å². The number of aliphatic imine (C=N–C) groups is 1. The molecule has 1 heterocycles. The number of nitrogens with zero attached hydrogens (tertiary/aromatic N) is 1. The summed E-state index contributed by atoms with van der Waals surface area (Å²) >= 11 is 7.69. The highest BCUT2D eigenvalue weighted by Gasteiger charge is 2.23. The van der Waals surface area contributed by atoms with Gasteiger partial charge in [-0.05, 0) is 60.2 Å². The zero-order valence-corrected chi connectivity index (χ0v) is 17.8. The van der Waals surface area contributed by atoms with Gasteiger partial charge in [-0.1, -0.05) is 65.7 Å². The first-order valence-electron chi connectivity index (χ1n) is 9.39. The third kappa shape index (κ3) is 5.12. The van der Waals surface area contributed by atoms with Gasteiger partial charge in [0.05, 0.1) is 15.6 Å². The van der Waals surface area contributed by atoms with Gasteiger partial charge < -0.3 is 10.1 Å². The lowest BCUT2D eigenvalue weighted by Gasteiger charge is -2.08. The summed E-state index contributed by atoms with van der Waals surface area (Å²) in [5.41, 5.74) is 3.85. The number of carbonyl (C=O) groups excluding carboxylic acids is 1. The number of hydrogen-bond donors (Lipinski definition) is 1. The Morgan fingerprint density at radius 2 is 1.83 bits per heavy atom. The van der Waals surface area contributed by atoms with Crippen LogP contribution in [-0.2, 0) is 11.4 Å². The Hall–Kier alpha value is -3.02. The van der Waals surface area contributed by atoms with E-state index in [1.54, 1.807) is 12.1 Å². The van der Waals surface area contributed by atoms with E-state index in [0.717, 1.165) is 22.4 Å². The third-order valence-corrected chi connectivity index (χ3v) is 5.61. The van der Waals surface area contributed by atoms with Gasteiger partial charge >= 0.3 is 0 Å². The predicted molar refractivity (Wildman–Crippen MR) is 124 cm³/mol. The van der Waals surface area contributed by atoms with Crippen molar-refractivity contribution in [1.29, 1.82) is 0 Å². The molecule has 0 aromatic heterocycles. The molecule has 1 saturated heterocycles. The normalized spacial score (nSPS) is 16.1. The van der Waals surface area contributed by atoms with Crippen molar-refractivity contribution in [2.24, 2.45) is 4.99 Å². The van der Waals surface area contributed by atoms with Crippen molar-refractivity contribution in [3.8, 4) is 5.75 Å². The second-order valence-electron chi connectivity index (χ2n) is 6.78. The van der Waals surface area contributed by atoms with Gasteiger partial charge in [-0.25, -0.2) is 4.99 Å². The molecule has 0 bridgehead atoms. The summed E-state index contributed by atoms with van der Waals surface area (Å²) < 4.78 is 5.80. The number of amidine groups is 1. The van der Waals surface area contributed by atoms with Gasteiger partial charge in [0, 0.05) is 0 Å². The molecule has 0 saturated carbocycles. The predicted octanol–water partition coefficient (Wildman–Crippen LogP) is 6.12. The van der Waals surface area contributed by atoms with Crippen LogP contribution in [0, 0.1) is 6.92 Å². The lowest BCUT2D eigenvalue weighted by molar-refractivity contribution is -0.115. The minimum absolute atomic E-state index is 0.175. The van der Waals surface area contributed by atoms with Crippen molar-refractivity contribution >= 4 is 46.2 Å². The van der Waals surface area contributed by atoms with Crippen molar-refractivity contribution in [3.05, 3.63) is 99.4 Å². The number of aryl methyl sites for hydroxylation is 1. The van der Waals surface area contributed by atoms with Crippen molar-refractivity contribution in [2.75, 3.05) is 0 Å². The Balaban J connectivity index is 1.45. The van der Waals surface area contributed by atoms with Crippen LogP contribution in [0.25, 0.3) is 6.08 Å². The molecule has 4 nitrogen and oxygen atoms in total. The molecule has 150 valence electrons. The highest BCUT2D eigenvalue weighted by molar-refractivity contribution is 8.18. The number of hydrogen-bond acceptors (Lipinski definition) is 4. The minimum atomic E-state index is -0.175. The molecule has 1 fully saturated rings. The first kappa shape index (κ1) is 20.3. The third-order valence-electron chi connectivity index (χ3n) is 4.41.